The minimum Gasteiger partial charge on any atom is -0.338 e. The van der Waals surface area contributed by atoms with Crippen LogP contribution in [-0.4, -0.2) is 68.2 Å². The van der Waals surface area contributed by atoms with Crippen molar-refractivity contribution < 1.29 is 4.79 Å². The number of nitrogens with zero attached hydrogens (tertiary/aromatic N) is 2. The van der Waals surface area contributed by atoms with Gasteiger partial charge in [-0.2, -0.15) is 0 Å². The summed E-state index contributed by atoms with van der Waals surface area (Å²) in [6.45, 7) is 8.26. The third-order valence-corrected chi connectivity index (χ3v) is 5.76. The molecular formula is C19H38N4O. The van der Waals surface area contributed by atoms with Crippen LogP contribution in [0.2, 0.25) is 0 Å². The largest absolute Gasteiger partial charge is 0.338 e. The molecule has 24 heavy (non-hydrogen) atoms. The Labute approximate surface area is 148 Å². The Morgan fingerprint density at radius 1 is 1.04 bits per heavy atom. The summed E-state index contributed by atoms with van der Waals surface area (Å²) in [5.41, 5.74) is 0. The molecule has 2 amide bonds. The predicted molar refractivity (Wildman–Crippen MR) is 100 cm³/mol. The molecule has 0 unspecified atom stereocenters. The number of hydrogen-bond donors (Lipinski definition) is 2. The maximum atomic E-state index is 11.8. The third-order valence-electron chi connectivity index (χ3n) is 5.76. The topological polar surface area (TPSA) is 47.6 Å². The van der Waals surface area contributed by atoms with Crippen molar-refractivity contribution in [2.24, 2.45) is 5.92 Å². The van der Waals surface area contributed by atoms with Gasteiger partial charge in [0.15, 0.2) is 0 Å². The summed E-state index contributed by atoms with van der Waals surface area (Å²) in [6.07, 6.45) is 10.5. The Morgan fingerprint density at radius 2 is 1.71 bits per heavy atom. The molecule has 2 N–H and O–H groups in total. The average molecular weight is 339 g/mol. The van der Waals surface area contributed by atoms with Crippen LogP contribution in [0.3, 0.4) is 0 Å². The Morgan fingerprint density at radius 3 is 2.42 bits per heavy atom. The van der Waals surface area contributed by atoms with E-state index in [1.54, 1.807) is 0 Å². The molecule has 0 bridgehead atoms. The van der Waals surface area contributed by atoms with Gasteiger partial charge < -0.3 is 20.4 Å². The lowest BCUT2D eigenvalue weighted by Gasteiger charge is -2.31. The van der Waals surface area contributed by atoms with Crippen molar-refractivity contribution >= 4 is 6.03 Å². The van der Waals surface area contributed by atoms with Gasteiger partial charge in [0.1, 0.15) is 0 Å². The van der Waals surface area contributed by atoms with E-state index >= 15 is 0 Å². The molecule has 0 spiro atoms. The summed E-state index contributed by atoms with van der Waals surface area (Å²) in [6, 6.07) is 0.750. The molecule has 0 aromatic carbocycles. The van der Waals surface area contributed by atoms with E-state index in [1.807, 2.05) is 0 Å². The first-order chi connectivity index (χ1) is 11.6. The quantitative estimate of drug-likeness (QED) is 0.669. The summed E-state index contributed by atoms with van der Waals surface area (Å²) in [4.78, 5) is 16.8. The third kappa shape index (κ3) is 7.39. The fraction of sp³-hybridized carbons (Fsp3) is 0.947. The summed E-state index contributed by atoms with van der Waals surface area (Å²) < 4.78 is 0. The molecule has 1 saturated heterocycles. The lowest BCUT2D eigenvalue weighted by Crippen LogP contribution is -2.43. The Bertz CT molecular complexity index is 349. The van der Waals surface area contributed by atoms with Crippen LogP contribution in [0.15, 0.2) is 0 Å². The highest BCUT2D eigenvalue weighted by Crippen LogP contribution is 2.21. The van der Waals surface area contributed by atoms with E-state index in [9.17, 15) is 4.79 Å². The van der Waals surface area contributed by atoms with Crippen LogP contribution < -0.4 is 10.6 Å². The molecule has 1 heterocycles. The standard InChI is InChI=1S/C19H38N4O/c1-17-9-14-23(15-10-17)16-12-21-19(24)20-11-6-13-22(2)18-7-4-3-5-8-18/h17-18H,3-16H2,1-2H3,(H2,20,21,24). The molecule has 0 radical (unpaired) electrons. The van der Waals surface area contributed by atoms with Gasteiger partial charge in [-0.3, -0.25) is 0 Å². The Hall–Kier alpha value is -0.810. The number of urea groups is 1. The number of hydrogen-bond acceptors (Lipinski definition) is 3. The van der Waals surface area contributed by atoms with Crippen LogP contribution in [0, 0.1) is 5.92 Å². The van der Waals surface area contributed by atoms with Gasteiger partial charge in [-0.15, -0.1) is 0 Å². The number of piperidine rings is 1. The normalized spacial score (nSPS) is 21.1. The molecule has 1 aliphatic heterocycles. The molecule has 5 heteroatoms. The number of rotatable bonds is 8. The van der Waals surface area contributed by atoms with E-state index in [0.717, 1.165) is 44.6 Å². The maximum Gasteiger partial charge on any atom is 0.314 e. The fourth-order valence-electron chi connectivity index (χ4n) is 3.91. The molecule has 1 saturated carbocycles. The number of nitrogens with one attached hydrogen (secondary N) is 2. The van der Waals surface area contributed by atoms with E-state index < -0.39 is 0 Å². The van der Waals surface area contributed by atoms with Crippen molar-refractivity contribution in [2.75, 3.05) is 46.3 Å². The molecule has 2 rings (SSSR count). The van der Waals surface area contributed by atoms with Gasteiger partial charge in [0.05, 0.1) is 0 Å². The van der Waals surface area contributed by atoms with Gasteiger partial charge in [-0.05, 0) is 64.7 Å². The van der Waals surface area contributed by atoms with Crippen molar-refractivity contribution in [1.29, 1.82) is 0 Å². The van der Waals surface area contributed by atoms with Crippen molar-refractivity contribution in [3.63, 3.8) is 0 Å². The maximum absolute atomic E-state index is 11.8. The second kappa shape index (κ2) is 10.9. The van der Waals surface area contributed by atoms with Crippen LogP contribution in [0.1, 0.15) is 58.3 Å². The lowest BCUT2D eigenvalue weighted by molar-refractivity contribution is 0.187. The number of amides is 2. The highest BCUT2D eigenvalue weighted by atomic mass is 16.2. The molecule has 0 aromatic heterocycles. The zero-order valence-electron chi connectivity index (χ0n) is 15.9. The van der Waals surface area contributed by atoms with E-state index in [1.165, 1.54) is 58.0 Å². The molecular weight excluding hydrogens is 300 g/mol. The number of likely N-dealkylation sites (tertiary alicyclic amines) is 1. The van der Waals surface area contributed by atoms with Crippen molar-refractivity contribution in [3.8, 4) is 0 Å². The average Bonchev–Trinajstić information content (AvgIpc) is 2.61. The van der Waals surface area contributed by atoms with Gasteiger partial charge in [-0.25, -0.2) is 4.79 Å². The Kier molecular flexibility index (Phi) is 8.89. The minimum absolute atomic E-state index is 0.0132. The molecule has 5 nitrogen and oxygen atoms in total. The SMILES string of the molecule is CC1CCN(CCNC(=O)NCCCN(C)C2CCCCC2)CC1. The highest BCUT2D eigenvalue weighted by molar-refractivity contribution is 5.73. The van der Waals surface area contributed by atoms with Crippen LogP contribution >= 0.6 is 0 Å². The number of carbonyl (C=O) groups excluding carboxylic acids is 1. The second-order valence-electron chi connectivity index (χ2n) is 7.83. The van der Waals surface area contributed by atoms with Crippen LogP contribution in [0.4, 0.5) is 4.79 Å². The van der Waals surface area contributed by atoms with E-state index in [2.05, 4.69) is 34.4 Å². The summed E-state index contributed by atoms with van der Waals surface area (Å²) in [5.74, 6) is 0.865. The number of carbonyl (C=O) groups is 1. The smallest absolute Gasteiger partial charge is 0.314 e. The molecule has 0 aromatic rings. The highest BCUT2D eigenvalue weighted by Gasteiger charge is 2.17. The van der Waals surface area contributed by atoms with Crippen LogP contribution in [0.5, 0.6) is 0 Å². The van der Waals surface area contributed by atoms with E-state index in [-0.39, 0.29) is 6.03 Å². The zero-order valence-corrected chi connectivity index (χ0v) is 15.9. The molecule has 2 fully saturated rings. The predicted octanol–water partition coefficient (Wildman–Crippen LogP) is 2.67. The first kappa shape index (κ1) is 19.5. The van der Waals surface area contributed by atoms with E-state index in [0.29, 0.717) is 0 Å². The molecule has 1 aliphatic carbocycles. The first-order valence-electron chi connectivity index (χ1n) is 10.1. The van der Waals surface area contributed by atoms with Crippen LogP contribution in [0.25, 0.3) is 0 Å². The van der Waals surface area contributed by atoms with Crippen molar-refractivity contribution in [1.82, 2.24) is 20.4 Å². The van der Waals surface area contributed by atoms with Crippen LogP contribution in [-0.2, 0) is 0 Å². The molecule has 140 valence electrons. The van der Waals surface area contributed by atoms with Gasteiger partial charge in [0.2, 0.25) is 0 Å². The Balaban J connectivity index is 1.44. The van der Waals surface area contributed by atoms with Gasteiger partial charge in [-0.1, -0.05) is 26.2 Å². The summed E-state index contributed by atoms with van der Waals surface area (Å²) >= 11 is 0. The van der Waals surface area contributed by atoms with Gasteiger partial charge >= 0.3 is 6.03 Å². The summed E-state index contributed by atoms with van der Waals surface area (Å²) in [7, 11) is 2.23. The zero-order chi connectivity index (χ0) is 17.2. The fourth-order valence-corrected chi connectivity index (χ4v) is 3.91. The minimum atomic E-state index is -0.0132. The molecule has 2 aliphatic rings. The second-order valence-corrected chi connectivity index (χ2v) is 7.83. The van der Waals surface area contributed by atoms with Crippen molar-refractivity contribution in [3.05, 3.63) is 0 Å². The van der Waals surface area contributed by atoms with E-state index in [4.69, 9.17) is 0 Å². The summed E-state index contributed by atoms with van der Waals surface area (Å²) in [5, 5.41) is 5.98. The van der Waals surface area contributed by atoms with Crippen molar-refractivity contribution in [2.45, 2.75) is 64.3 Å². The van der Waals surface area contributed by atoms with Gasteiger partial charge in [0.25, 0.3) is 0 Å². The molecule has 0 atom stereocenters. The first-order valence-corrected chi connectivity index (χ1v) is 10.1. The monoisotopic (exact) mass is 338 g/mol. The lowest BCUT2D eigenvalue weighted by atomic mass is 9.94. The van der Waals surface area contributed by atoms with Gasteiger partial charge in [0, 0.05) is 25.7 Å².